The molecule has 0 heterocycles. The zero-order chi connectivity index (χ0) is 15.2. The first-order valence-electron chi connectivity index (χ1n) is 6.80. The molecule has 2 rings (SSSR count). The highest BCUT2D eigenvalue weighted by Gasteiger charge is 2.11. The van der Waals surface area contributed by atoms with Crippen molar-refractivity contribution < 1.29 is 9.84 Å². The minimum absolute atomic E-state index is 0.122. The average molecular weight is 325 g/mol. The summed E-state index contributed by atoms with van der Waals surface area (Å²) in [6.07, 6.45) is 1.54. The van der Waals surface area contributed by atoms with Crippen molar-refractivity contribution in [2.45, 2.75) is 12.8 Å². The van der Waals surface area contributed by atoms with Gasteiger partial charge in [0.25, 0.3) is 0 Å². The van der Waals surface area contributed by atoms with Crippen LogP contribution in [0, 0.1) is 5.92 Å². The van der Waals surface area contributed by atoms with Crippen LogP contribution in [0.2, 0.25) is 10.0 Å². The molecular weight excluding hydrogens is 307 g/mol. The molecule has 2 nitrogen and oxygen atoms in total. The van der Waals surface area contributed by atoms with Crippen LogP contribution in [0.15, 0.2) is 42.5 Å². The lowest BCUT2D eigenvalue weighted by Crippen LogP contribution is -2.13. The van der Waals surface area contributed by atoms with E-state index in [2.05, 4.69) is 0 Å². The molecule has 0 aliphatic rings. The number of methoxy groups -OCH3 is 1. The summed E-state index contributed by atoms with van der Waals surface area (Å²) in [5, 5.41) is 10.7. The van der Waals surface area contributed by atoms with E-state index in [4.69, 9.17) is 27.9 Å². The molecule has 0 radical (unpaired) electrons. The third-order valence-corrected chi connectivity index (χ3v) is 4.16. The maximum atomic E-state index is 9.61. The lowest BCUT2D eigenvalue weighted by atomic mass is 9.93. The van der Waals surface area contributed by atoms with Crippen LogP contribution in [0.5, 0.6) is 5.75 Å². The first kappa shape index (κ1) is 16.2. The van der Waals surface area contributed by atoms with Crippen molar-refractivity contribution in [3.05, 3.63) is 63.6 Å². The molecule has 1 N–H and O–H groups in total. The topological polar surface area (TPSA) is 29.5 Å². The highest BCUT2D eigenvalue weighted by atomic mass is 35.5. The Morgan fingerprint density at radius 3 is 2.33 bits per heavy atom. The van der Waals surface area contributed by atoms with Gasteiger partial charge in [0.05, 0.1) is 17.2 Å². The van der Waals surface area contributed by atoms with Gasteiger partial charge in [-0.2, -0.15) is 0 Å². The van der Waals surface area contributed by atoms with E-state index in [1.165, 1.54) is 0 Å². The summed E-state index contributed by atoms with van der Waals surface area (Å²) in [6, 6.07) is 13.5. The summed E-state index contributed by atoms with van der Waals surface area (Å²) in [5.74, 6) is 0.966. The van der Waals surface area contributed by atoms with E-state index in [1.807, 2.05) is 36.4 Å². The summed E-state index contributed by atoms with van der Waals surface area (Å²) in [6.45, 7) is 0.122. The normalized spacial score (nSPS) is 12.2. The second-order valence-electron chi connectivity index (χ2n) is 5.06. The van der Waals surface area contributed by atoms with Crippen molar-refractivity contribution in [2.75, 3.05) is 13.7 Å². The quantitative estimate of drug-likeness (QED) is 0.853. The minimum Gasteiger partial charge on any atom is -0.497 e. The molecule has 21 heavy (non-hydrogen) atoms. The third-order valence-electron chi connectivity index (χ3n) is 3.43. The number of aliphatic hydroxyl groups is 1. The fraction of sp³-hybridized carbons (Fsp3) is 0.294. The zero-order valence-corrected chi connectivity index (χ0v) is 13.4. The third kappa shape index (κ3) is 4.63. The standard InChI is InChI=1S/C17H18Cl2O2/c1-21-15-4-2-3-12(9-15)7-14(11-20)8-13-5-6-16(18)17(19)10-13/h2-6,9-10,14,20H,7-8,11H2,1H3. The second kappa shape index (κ2) is 7.69. The number of benzene rings is 2. The van der Waals surface area contributed by atoms with Crippen molar-refractivity contribution in [1.82, 2.24) is 0 Å². The van der Waals surface area contributed by atoms with Crippen molar-refractivity contribution in [3.8, 4) is 5.75 Å². The maximum absolute atomic E-state index is 9.61. The predicted octanol–water partition coefficient (Wildman–Crippen LogP) is 4.40. The molecule has 1 unspecified atom stereocenters. The zero-order valence-electron chi connectivity index (χ0n) is 11.9. The monoisotopic (exact) mass is 324 g/mol. The summed E-state index contributed by atoms with van der Waals surface area (Å²) in [7, 11) is 1.65. The molecule has 2 aromatic carbocycles. The minimum atomic E-state index is 0.122. The Morgan fingerprint density at radius 2 is 1.71 bits per heavy atom. The first-order chi connectivity index (χ1) is 10.1. The number of hydrogen-bond donors (Lipinski definition) is 1. The number of halogens is 2. The van der Waals surface area contributed by atoms with Crippen molar-refractivity contribution in [1.29, 1.82) is 0 Å². The molecule has 0 spiro atoms. The molecule has 0 fully saturated rings. The Bertz CT molecular complexity index is 599. The van der Waals surface area contributed by atoms with Crippen molar-refractivity contribution in [3.63, 3.8) is 0 Å². The summed E-state index contributed by atoms with van der Waals surface area (Å²) >= 11 is 11.9. The molecule has 0 saturated carbocycles. The summed E-state index contributed by atoms with van der Waals surface area (Å²) < 4.78 is 5.22. The van der Waals surface area contributed by atoms with Gasteiger partial charge in [0, 0.05) is 6.61 Å². The van der Waals surface area contributed by atoms with Crippen LogP contribution < -0.4 is 4.74 Å². The van der Waals surface area contributed by atoms with Gasteiger partial charge in [-0.1, -0.05) is 41.4 Å². The van der Waals surface area contributed by atoms with Gasteiger partial charge in [0.1, 0.15) is 5.75 Å². The van der Waals surface area contributed by atoms with Crippen LogP contribution in [0.4, 0.5) is 0 Å². The number of ether oxygens (including phenoxy) is 1. The molecular formula is C17H18Cl2O2. The van der Waals surface area contributed by atoms with Crippen LogP contribution in [0.25, 0.3) is 0 Å². The van der Waals surface area contributed by atoms with Crippen molar-refractivity contribution in [2.24, 2.45) is 5.92 Å². The SMILES string of the molecule is COc1cccc(CC(CO)Cc2ccc(Cl)c(Cl)c2)c1. The Labute approximate surface area is 135 Å². The fourth-order valence-corrected chi connectivity index (χ4v) is 2.65. The lowest BCUT2D eigenvalue weighted by Gasteiger charge is -2.15. The van der Waals surface area contributed by atoms with Gasteiger partial charge in [-0.25, -0.2) is 0 Å². The van der Waals surface area contributed by atoms with E-state index in [0.717, 1.165) is 29.7 Å². The predicted molar refractivity (Wildman–Crippen MR) is 87.4 cm³/mol. The first-order valence-corrected chi connectivity index (χ1v) is 7.55. The van der Waals surface area contributed by atoms with Crippen LogP contribution in [-0.4, -0.2) is 18.8 Å². The average Bonchev–Trinajstić information content (AvgIpc) is 2.50. The number of hydrogen-bond acceptors (Lipinski definition) is 2. The smallest absolute Gasteiger partial charge is 0.119 e. The fourth-order valence-electron chi connectivity index (χ4n) is 2.33. The lowest BCUT2D eigenvalue weighted by molar-refractivity contribution is 0.225. The number of aliphatic hydroxyl groups excluding tert-OH is 1. The Morgan fingerprint density at radius 1 is 1.00 bits per heavy atom. The maximum Gasteiger partial charge on any atom is 0.119 e. The molecule has 0 bridgehead atoms. The molecule has 0 aliphatic heterocycles. The molecule has 2 aromatic rings. The Balaban J connectivity index is 2.07. The molecule has 4 heteroatoms. The van der Waals surface area contributed by atoms with Crippen LogP contribution >= 0.6 is 23.2 Å². The van der Waals surface area contributed by atoms with E-state index in [0.29, 0.717) is 10.0 Å². The van der Waals surface area contributed by atoms with Gasteiger partial charge in [0.15, 0.2) is 0 Å². The highest BCUT2D eigenvalue weighted by molar-refractivity contribution is 6.42. The van der Waals surface area contributed by atoms with Gasteiger partial charge in [0.2, 0.25) is 0 Å². The molecule has 112 valence electrons. The van der Waals surface area contributed by atoms with Gasteiger partial charge < -0.3 is 9.84 Å². The molecule has 0 amide bonds. The van der Waals surface area contributed by atoms with E-state index >= 15 is 0 Å². The van der Waals surface area contributed by atoms with Crippen LogP contribution in [0.3, 0.4) is 0 Å². The second-order valence-corrected chi connectivity index (χ2v) is 5.87. The Kier molecular flexibility index (Phi) is 5.92. The van der Waals surface area contributed by atoms with E-state index in [1.54, 1.807) is 13.2 Å². The molecule has 0 saturated heterocycles. The van der Waals surface area contributed by atoms with Gasteiger partial charge in [-0.3, -0.25) is 0 Å². The van der Waals surface area contributed by atoms with Crippen LogP contribution in [-0.2, 0) is 12.8 Å². The van der Waals surface area contributed by atoms with Crippen molar-refractivity contribution >= 4 is 23.2 Å². The Hall–Kier alpha value is -1.22. The van der Waals surface area contributed by atoms with E-state index in [-0.39, 0.29) is 12.5 Å². The van der Waals surface area contributed by atoms with Gasteiger partial charge in [-0.05, 0) is 54.2 Å². The molecule has 0 aromatic heterocycles. The van der Waals surface area contributed by atoms with Gasteiger partial charge in [-0.15, -0.1) is 0 Å². The largest absolute Gasteiger partial charge is 0.497 e. The number of rotatable bonds is 6. The summed E-state index contributed by atoms with van der Waals surface area (Å²) in [4.78, 5) is 0. The molecule has 0 aliphatic carbocycles. The van der Waals surface area contributed by atoms with E-state index in [9.17, 15) is 5.11 Å². The summed E-state index contributed by atoms with van der Waals surface area (Å²) in [5.41, 5.74) is 2.22. The van der Waals surface area contributed by atoms with Gasteiger partial charge >= 0.3 is 0 Å². The highest BCUT2D eigenvalue weighted by Crippen LogP contribution is 2.25. The van der Waals surface area contributed by atoms with E-state index < -0.39 is 0 Å². The molecule has 1 atom stereocenters. The van der Waals surface area contributed by atoms with Crippen LogP contribution in [0.1, 0.15) is 11.1 Å².